The van der Waals surface area contributed by atoms with Gasteiger partial charge in [0, 0.05) is 11.5 Å². The van der Waals surface area contributed by atoms with Crippen molar-refractivity contribution in [2.24, 2.45) is 11.8 Å². The maximum Gasteiger partial charge on any atom is 0.0504 e. The van der Waals surface area contributed by atoms with E-state index in [9.17, 15) is 9.90 Å². The Morgan fingerprint density at radius 2 is 2.20 bits per heavy atom. The minimum absolute atomic E-state index is 0.489. The van der Waals surface area contributed by atoms with Crippen LogP contribution in [0.3, 0.4) is 0 Å². The zero-order valence-electron chi connectivity index (χ0n) is 9.49. The van der Waals surface area contributed by atoms with Crippen molar-refractivity contribution in [2.45, 2.75) is 26.3 Å². The molecule has 15 heavy (non-hydrogen) atoms. The van der Waals surface area contributed by atoms with Crippen LogP contribution in [0.5, 0.6) is 0 Å². The summed E-state index contributed by atoms with van der Waals surface area (Å²) >= 11 is 0. The van der Waals surface area contributed by atoms with E-state index >= 15 is 0 Å². The Hall–Kier alpha value is -1.09. The second-order valence-electron chi connectivity index (χ2n) is 4.60. The number of rotatable bonds is 4. The molecule has 0 bridgehead atoms. The van der Waals surface area contributed by atoms with Gasteiger partial charge in [0.15, 0.2) is 0 Å². The Morgan fingerprint density at radius 3 is 2.73 bits per heavy atom. The molecule has 0 spiro atoms. The summed E-state index contributed by atoms with van der Waals surface area (Å²) in [5.41, 5.74) is -0.530. The van der Waals surface area contributed by atoms with Crippen molar-refractivity contribution in [3.63, 3.8) is 0 Å². The topological polar surface area (TPSA) is 52.2 Å². The van der Waals surface area contributed by atoms with Crippen LogP contribution in [-0.2, 0) is 4.79 Å². The van der Waals surface area contributed by atoms with Crippen LogP contribution in [0.1, 0.15) is 20.8 Å². The van der Waals surface area contributed by atoms with Gasteiger partial charge in [-0.25, -0.2) is 0 Å². The maximum atomic E-state index is 11.0. The molecule has 84 valence electrons. The first-order valence-corrected chi connectivity index (χ1v) is 5.27. The molecule has 0 radical (unpaired) electrons. The average Bonchev–Trinajstić information content (AvgIpc) is 2.15. The van der Waals surface area contributed by atoms with Crippen molar-refractivity contribution in [2.75, 3.05) is 6.54 Å². The standard InChI is InChI=1S/C12H19NO2/c1-9(2)8-13-12(3)7-5-4-6-10(12)11(14)15/h4-7,9-10,13H,8H2,1-3H3,(H,14,15)/p-1. The molecule has 2 atom stereocenters. The van der Waals surface area contributed by atoms with E-state index in [1.165, 1.54) is 0 Å². The Kier molecular flexibility index (Phi) is 3.69. The number of aliphatic carboxylic acids is 1. The highest BCUT2D eigenvalue weighted by Crippen LogP contribution is 2.24. The molecule has 0 aromatic carbocycles. The van der Waals surface area contributed by atoms with Gasteiger partial charge in [-0.05, 0) is 19.4 Å². The van der Waals surface area contributed by atoms with E-state index in [-0.39, 0.29) is 0 Å². The van der Waals surface area contributed by atoms with E-state index in [2.05, 4.69) is 19.2 Å². The van der Waals surface area contributed by atoms with Crippen molar-refractivity contribution >= 4 is 5.97 Å². The van der Waals surface area contributed by atoms with E-state index in [0.29, 0.717) is 5.92 Å². The summed E-state index contributed by atoms with van der Waals surface area (Å²) in [6, 6.07) is 0. The first-order chi connectivity index (χ1) is 6.96. The zero-order chi connectivity index (χ0) is 11.5. The Bertz CT molecular complexity index is 294. The van der Waals surface area contributed by atoms with Crippen LogP contribution in [0.4, 0.5) is 0 Å². The first kappa shape index (κ1) is 12.0. The zero-order valence-corrected chi connectivity index (χ0v) is 9.49. The lowest BCUT2D eigenvalue weighted by molar-refractivity contribution is -0.311. The van der Waals surface area contributed by atoms with Gasteiger partial charge in [-0.15, -0.1) is 0 Å². The predicted octanol–water partition coefficient (Wildman–Crippen LogP) is 0.483. The lowest BCUT2D eigenvalue weighted by Crippen LogP contribution is -2.54. The third kappa shape index (κ3) is 2.93. The number of carbonyl (C=O) groups is 1. The molecule has 3 nitrogen and oxygen atoms in total. The van der Waals surface area contributed by atoms with Crippen molar-refractivity contribution < 1.29 is 9.90 Å². The van der Waals surface area contributed by atoms with Crippen LogP contribution in [-0.4, -0.2) is 18.1 Å². The first-order valence-electron chi connectivity index (χ1n) is 5.27. The van der Waals surface area contributed by atoms with Gasteiger partial charge in [-0.1, -0.05) is 38.2 Å². The van der Waals surface area contributed by atoms with Crippen molar-refractivity contribution in [1.29, 1.82) is 0 Å². The highest BCUT2D eigenvalue weighted by molar-refractivity contribution is 5.73. The molecule has 1 rings (SSSR count). The number of allylic oxidation sites excluding steroid dienone is 2. The summed E-state index contributed by atoms with van der Waals surface area (Å²) in [4.78, 5) is 11.0. The highest BCUT2D eigenvalue weighted by Gasteiger charge is 2.31. The quantitative estimate of drug-likeness (QED) is 0.731. The van der Waals surface area contributed by atoms with Gasteiger partial charge in [0.1, 0.15) is 0 Å². The van der Waals surface area contributed by atoms with Gasteiger partial charge < -0.3 is 15.2 Å². The minimum atomic E-state index is -1.03. The van der Waals surface area contributed by atoms with E-state index in [4.69, 9.17) is 0 Å². The third-order valence-electron chi connectivity index (χ3n) is 2.65. The van der Waals surface area contributed by atoms with Gasteiger partial charge in [-0.2, -0.15) is 0 Å². The van der Waals surface area contributed by atoms with Gasteiger partial charge >= 0.3 is 0 Å². The molecule has 2 unspecified atom stereocenters. The summed E-state index contributed by atoms with van der Waals surface area (Å²) in [5.74, 6) is -1.14. The molecule has 0 amide bonds. The average molecular weight is 208 g/mol. The van der Waals surface area contributed by atoms with Crippen molar-refractivity contribution in [3.8, 4) is 0 Å². The van der Waals surface area contributed by atoms with Crippen LogP contribution in [0, 0.1) is 11.8 Å². The summed E-state index contributed by atoms with van der Waals surface area (Å²) in [7, 11) is 0. The number of hydrogen-bond acceptors (Lipinski definition) is 3. The summed E-state index contributed by atoms with van der Waals surface area (Å²) in [6.45, 7) is 6.85. The fraction of sp³-hybridized carbons (Fsp3) is 0.583. The van der Waals surface area contributed by atoms with Gasteiger partial charge in [0.05, 0.1) is 5.97 Å². The molecule has 3 heteroatoms. The number of carboxylic acids is 1. The number of nitrogens with one attached hydrogen (secondary N) is 1. The molecule has 1 N–H and O–H groups in total. The number of hydrogen-bond donors (Lipinski definition) is 1. The van der Waals surface area contributed by atoms with Crippen LogP contribution in [0.2, 0.25) is 0 Å². The normalized spacial score (nSPS) is 29.7. The van der Waals surface area contributed by atoms with Crippen molar-refractivity contribution in [3.05, 3.63) is 24.3 Å². The summed E-state index contributed by atoms with van der Waals surface area (Å²) < 4.78 is 0. The lowest BCUT2D eigenvalue weighted by atomic mass is 9.82. The van der Waals surface area contributed by atoms with E-state index in [1.54, 1.807) is 12.2 Å². The Balaban J connectivity index is 2.74. The van der Waals surface area contributed by atoms with Crippen LogP contribution in [0.25, 0.3) is 0 Å². The SMILES string of the molecule is CC(C)CNC1(C)C=CC=CC1C(=O)[O-]. The fourth-order valence-electron chi connectivity index (χ4n) is 1.65. The lowest BCUT2D eigenvalue weighted by Gasteiger charge is -2.37. The molecular formula is C12H18NO2-. The second-order valence-corrected chi connectivity index (χ2v) is 4.60. The van der Waals surface area contributed by atoms with Gasteiger partial charge in [0.25, 0.3) is 0 Å². The number of carbonyl (C=O) groups excluding carboxylic acids is 1. The van der Waals surface area contributed by atoms with E-state index in [0.717, 1.165) is 6.54 Å². The van der Waals surface area contributed by atoms with Crippen LogP contribution >= 0.6 is 0 Å². The summed E-state index contributed by atoms with van der Waals surface area (Å²) in [6.07, 6.45) is 7.17. The smallest absolute Gasteiger partial charge is 0.0504 e. The Morgan fingerprint density at radius 1 is 1.53 bits per heavy atom. The van der Waals surface area contributed by atoms with E-state index in [1.807, 2.05) is 19.1 Å². The molecular weight excluding hydrogens is 190 g/mol. The maximum absolute atomic E-state index is 11.0. The van der Waals surface area contributed by atoms with E-state index < -0.39 is 17.4 Å². The predicted molar refractivity (Wildman–Crippen MR) is 58.0 cm³/mol. The monoisotopic (exact) mass is 208 g/mol. The third-order valence-corrected chi connectivity index (χ3v) is 2.65. The molecule has 0 saturated heterocycles. The minimum Gasteiger partial charge on any atom is -0.549 e. The van der Waals surface area contributed by atoms with Crippen LogP contribution in [0.15, 0.2) is 24.3 Å². The molecule has 0 fully saturated rings. The molecule has 0 saturated carbocycles. The van der Waals surface area contributed by atoms with Crippen molar-refractivity contribution in [1.82, 2.24) is 5.32 Å². The molecule has 0 aromatic rings. The summed E-state index contributed by atoms with van der Waals surface area (Å²) in [5, 5.41) is 14.2. The highest BCUT2D eigenvalue weighted by atomic mass is 16.4. The van der Waals surface area contributed by atoms with Gasteiger partial charge in [-0.3, -0.25) is 0 Å². The van der Waals surface area contributed by atoms with Crippen LogP contribution < -0.4 is 10.4 Å². The largest absolute Gasteiger partial charge is 0.549 e. The molecule has 0 heterocycles. The second kappa shape index (κ2) is 4.62. The number of carboxylic acid groups (broad SMARTS) is 1. The Labute approximate surface area is 90.9 Å². The fourth-order valence-corrected chi connectivity index (χ4v) is 1.65. The molecule has 1 aliphatic carbocycles. The van der Waals surface area contributed by atoms with Gasteiger partial charge in [0.2, 0.25) is 0 Å². The molecule has 1 aliphatic rings. The molecule has 0 aliphatic heterocycles. The molecule has 0 aromatic heterocycles.